The van der Waals surface area contributed by atoms with Gasteiger partial charge in [0, 0.05) is 20.0 Å². The zero-order chi connectivity index (χ0) is 16.3. The summed E-state index contributed by atoms with van der Waals surface area (Å²) in [5.41, 5.74) is 2.06. The van der Waals surface area contributed by atoms with E-state index in [1.54, 1.807) is 30.9 Å². The van der Waals surface area contributed by atoms with Crippen molar-refractivity contribution in [3.8, 4) is 12.3 Å². The van der Waals surface area contributed by atoms with E-state index >= 15 is 0 Å². The lowest BCUT2D eigenvalue weighted by Gasteiger charge is -2.17. The number of sulfonamides is 1. The second kappa shape index (κ2) is 6.51. The van der Waals surface area contributed by atoms with Gasteiger partial charge in [-0.3, -0.25) is 4.79 Å². The molecule has 1 heterocycles. The molecular weight excluding hydrogens is 300 g/mol. The van der Waals surface area contributed by atoms with Crippen LogP contribution in [0.2, 0.25) is 0 Å². The van der Waals surface area contributed by atoms with Crippen LogP contribution in [0.25, 0.3) is 0 Å². The van der Waals surface area contributed by atoms with Crippen LogP contribution in [-0.2, 0) is 27.7 Å². The first-order valence-electron chi connectivity index (χ1n) is 7.19. The summed E-state index contributed by atoms with van der Waals surface area (Å²) in [6.07, 6.45) is 6.61. The fourth-order valence-corrected chi connectivity index (χ4v) is 3.73. The number of benzene rings is 1. The third-order valence-electron chi connectivity index (χ3n) is 3.82. The van der Waals surface area contributed by atoms with Gasteiger partial charge in [-0.05, 0) is 43.0 Å². The molecule has 0 bridgehead atoms. The normalized spacial score (nSPS) is 16.3. The molecule has 0 aromatic heterocycles. The number of hydrogen-bond donors (Lipinski definition) is 1. The van der Waals surface area contributed by atoms with Crippen LogP contribution in [0.4, 0.5) is 0 Å². The van der Waals surface area contributed by atoms with E-state index in [9.17, 15) is 13.2 Å². The second-order valence-corrected chi connectivity index (χ2v) is 7.16. The van der Waals surface area contributed by atoms with Crippen molar-refractivity contribution in [1.29, 1.82) is 0 Å². The van der Waals surface area contributed by atoms with Gasteiger partial charge in [-0.15, -0.1) is 6.42 Å². The largest absolute Gasteiger partial charge is 0.342 e. The number of terminal acetylenes is 1. The topological polar surface area (TPSA) is 66.5 Å². The van der Waals surface area contributed by atoms with Gasteiger partial charge in [-0.25, -0.2) is 8.42 Å². The average molecular weight is 320 g/mol. The van der Waals surface area contributed by atoms with Crippen LogP contribution < -0.4 is 4.72 Å². The lowest BCUT2D eigenvalue weighted by atomic mass is 10.0. The molecule has 1 aromatic carbocycles. The van der Waals surface area contributed by atoms with E-state index in [0.29, 0.717) is 19.5 Å². The highest BCUT2D eigenvalue weighted by atomic mass is 32.2. The number of fused-ring (bicyclic) bond motifs is 1. The Balaban J connectivity index is 2.27. The molecule has 1 aromatic rings. The molecule has 1 aliphatic heterocycles. The molecule has 22 heavy (non-hydrogen) atoms. The van der Waals surface area contributed by atoms with Crippen LogP contribution >= 0.6 is 0 Å². The van der Waals surface area contributed by atoms with Crippen LogP contribution in [-0.4, -0.2) is 38.4 Å². The molecule has 1 aliphatic rings. The summed E-state index contributed by atoms with van der Waals surface area (Å²) < 4.78 is 27.0. The molecule has 118 valence electrons. The average Bonchev–Trinajstić information content (AvgIpc) is 2.68. The predicted octanol–water partition coefficient (Wildman–Crippen LogP) is 0.934. The number of carbonyl (C=O) groups excluding carboxylic acids is 1. The fraction of sp³-hybridized carbons (Fsp3) is 0.438. The van der Waals surface area contributed by atoms with Crippen LogP contribution in [0.3, 0.4) is 0 Å². The maximum atomic E-state index is 12.3. The molecule has 2 rings (SSSR count). The van der Waals surface area contributed by atoms with E-state index in [1.807, 2.05) is 6.07 Å². The molecule has 0 unspecified atom stereocenters. The molecule has 6 heteroatoms. The van der Waals surface area contributed by atoms with E-state index in [4.69, 9.17) is 6.42 Å². The first-order valence-corrected chi connectivity index (χ1v) is 8.67. The van der Waals surface area contributed by atoms with Crippen molar-refractivity contribution in [2.45, 2.75) is 37.6 Å². The Labute approximate surface area is 131 Å². The minimum absolute atomic E-state index is 0.0464. The summed E-state index contributed by atoms with van der Waals surface area (Å²) in [5, 5.41) is 0. The lowest BCUT2D eigenvalue weighted by Crippen LogP contribution is -2.31. The van der Waals surface area contributed by atoms with Gasteiger partial charge in [0.05, 0.1) is 10.9 Å². The summed E-state index contributed by atoms with van der Waals surface area (Å²) in [6.45, 7) is 4.45. The van der Waals surface area contributed by atoms with Crippen molar-refractivity contribution in [1.82, 2.24) is 9.62 Å². The third-order valence-corrected chi connectivity index (χ3v) is 5.36. The number of nitrogens with zero attached hydrogens (tertiary/aromatic N) is 1. The minimum Gasteiger partial charge on any atom is -0.342 e. The van der Waals surface area contributed by atoms with Crippen molar-refractivity contribution in [3.05, 3.63) is 29.3 Å². The van der Waals surface area contributed by atoms with Gasteiger partial charge >= 0.3 is 0 Å². The third kappa shape index (κ3) is 3.67. The molecule has 0 radical (unpaired) electrons. The molecule has 1 atom stereocenters. The summed E-state index contributed by atoms with van der Waals surface area (Å²) in [6, 6.07) is 4.55. The van der Waals surface area contributed by atoms with Gasteiger partial charge in [0.15, 0.2) is 0 Å². The molecule has 0 spiro atoms. The lowest BCUT2D eigenvalue weighted by molar-refractivity contribution is -0.128. The van der Waals surface area contributed by atoms with E-state index in [1.165, 1.54) is 0 Å². The number of rotatable bonds is 3. The summed E-state index contributed by atoms with van der Waals surface area (Å²) in [5.74, 6) is 2.39. The molecule has 0 saturated heterocycles. The Bertz CT molecular complexity index is 719. The van der Waals surface area contributed by atoms with Crippen molar-refractivity contribution in [2.24, 2.45) is 0 Å². The van der Waals surface area contributed by atoms with Gasteiger partial charge in [0.25, 0.3) is 0 Å². The maximum absolute atomic E-state index is 12.3. The highest BCUT2D eigenvalue weighted by molar-refractivity contribution is 7.89. The van der Waals surface area contributed by atoms with Gasteiger partial charge in [-0.1, -0.05) is 12.0 Å². The Hall–Kier alpha value is -1.84. The number of hydrogen-bond acceptors (Lipinski definition) is 3. The monoisotopic (exact) mass is 320 g/mol. The smallest absolute Gasteiger partial charge is 0.241 e. The van der Waals surface area contributed by atoms with Gasteiger partial charge in [-0.2, -0.15) is 4.72 Å². The standard InChI is InChI=1S/C16H20N2O3S/c1-4-12(2)17-22(20,21)16-6-5-14-7-9-18(13(3)19)10-8-15(14)11-16/h1,5-6,11-12,17H,7-10H2,2-3H3/t12-/m1/s1. The quantitative estimate of drug-likeness (QED) is 0.843. The first kappa shape index (κ1) is 16.5. The number of carbonyl (C=O) groups is 1. The van der Waals surface area contributed by atoms with E-state index in [0.717, 1.165) is 17.5 Å². The Kier molecular flexibility index (Phi) is 4.89. The number of amides is 1. The first-order chi connectivity index (χ1) is 10.3. The second-order valence-electron chi connectivity index (χ2n) is 5.45. The fourth-order valence-electron chi connectivity index (χ4n) is 2.52. The van der Waals surface area contributed by atoms with Crippen molar-refractivity contribution < 1.29 is 13.2 Å². The van der Waals surface area contributed by atoms with Gasteiger partial charge in [0.1, 0.15) is 0 Å². The Morgan fingerprint density at radius 3 is 2.55 bits per heavy atom. The minimum atomic E-state index is -3.62. The molecule has 5 nitrogen and oxygen atoms in total. The summed E-state index contributed by atoms with van der Waals surface area (Å²) in [4.78, 5) is 13.5. The maximum Gasteiger partial charge on any atom is 0.241 e. The SMILES string of the molecule is C#C[C@@H](C)NS(=O)(=O)c1ccc2c(c1)CCN(C(C)=O)CC2. The number of nitrogens with one attached hydrogen (secondary N) is 1. The molecule has 1 N–H and O–H groups in total. The molecule has 0 aliphatic carbocycles. The van der Waals surface area contributed by atoms with Crippen molar-refractivity contribution in [2.75, 3.05) is 13.1 Å². The predicted molar refractivity (Wildman–Crippen MR) is 84.7 cm³/mol. The van der Waals surface area contributed by atoms with Crippen LogP contribution in [0.15, 0.2) is 23.1 Å². The molecule has 1 amide bonds. The Morgan fingerprint density at radius 2 is 1.95 bits per heavy atom. The van der Waals surface area contributed by atoms with Crippen LogP contribution in [0.5, 0.6) is 0 Å². The highest BCUT2D eigenvalue weighted by Crippen LogP contribution is 2.20. The molecular formula is C16H20N2O3S. The molecule has 0 fully saturated rings. The van der Waals surface area contributed by atoms with Gasteiger partial charge < -0.3 is 4.90 Å². The van der Waals surface area contributed by atoms with E-state index in [2.05, 4.69) is 10.6 Å². The molecule has 0 saturated carbocycles. The van der Waals surface area contributed by atoms with Crippen molar-refractivity contribution in [3.63, 3.8) is 0 Å². The zero-order valence-electron chi connectivity index (χ0n) is 12.8. The van der Waals surface area contributed by atoms with Crippen molar-refractivity contribution >= 4 is 15.9 Å². The zero-order valence-corrected chi connectivity index (χ0v) is 13.6. The summed E-state index contributed by atoms with van der Waals surface area (Å²) in [7, 11) is -3.62. The highest BCUT2D eigenvalue weighted by Gasteiger charge is 2.20. The van der Waals surface area contributed by atoms with Crippen LogP contribution in [0.1, 0.15) is 25.0 Å². The van der Waals surface area contributed by atoms with Gasteiger partial charge in [0.2, 0.25) is 15.9 Å². The summed E-state index contributed by atoms with van der Waals surface area (Å²) >= 11 is 0. The van der Waals surface area contributed by atoms with E-state index in [-0.39, 0.29) is 10.8 Å². The Morgan fingerprint density at radius 1 is 1.32 bits per heavy atom. The van der Waals surface area contributed by atoms with E-state index < -0.39 is 16.1 Å². The van der Waals surface area contributed by atoms with Crippen LogP contribution in [0, 0.1) is 12.3 Å².